The number of ether oxygens (including phenoxy) is 2. The molecule has 7 heteroatoms. The average Bonchev–Trinajstić information content (AvgIpc) is 2.72. The van der Waals surface area contributed by atoms with Crippen LogP contribution in [0.15, 0.2) is 23.8 Å². The summed E-state index contributed by atoms with van der Waals surface area (Å²) >= 11 is 0. The van der Waals surface area contributed by atoms with Crippen molar-refractivity contribution < 1.29 is 34.1 Å². The van der Waals surface area contributed by atoms with Crippen LogP contribution >= 0.6 is 0 Å². The van der Waals surface area contributed by atoms with Crippen molar-refractivity contribution in [2.24, 2.45) is 23.7 Å². The maximum Gasteiger partial charge on any atom is 0.308 e. The lowest BCUT2D eigenvalue weighted by Gasteiger charge is -2.43. The van der Waals surface area contributed by atoms with Gasteiger partial charge in [-0.25, -0.2) is 0 Å². The van der Waals surface area contributed by atoms with Crippen molar-refractivity contribution in [3.05, 3.63) is 23.8 Å². The molecule has 0 heterocycles. The van der Waals surface area contributed by atoms with E-state index in [1.807, 2.05) is 32.9 Å². The third-order valence-corrected chi connectivity index (χ3v) is 6.27. The molecule has 0 amide bonds. The first-order chi connectivity index (χ1) is 14.2. The van der Waals surface area contributed by atoms with Gasteiger partial charge < -0.3 is 19.7 Å². The summed E-state index contributed by atoms with van der Waals surface area (Å²) < 4.78 is 10.3. The van der Waals surface area contributed by atoms with E-state index in [4.69, 9.17) is 4.74 Å². The number of esters is 2. The lowest BCUT2D eigenvalue weighted by Crippen LogP contribution is -2.47. The number of Topliss-reactive ketones (excluding diaryl/α,β-unsaturated/α-hetero) is 1. The molecule has 30 heavy (non-hydrogen) atoms. The Hall–Kier alpha value is -1.99. The maximum atomic E-state index is 12.7. The summed E-state index contributed by atoms with van der Waals surface area (Å²) in [6.45, 7) is 5.67. The third-order valence-electron chi connectivity index (χ3n) is 6.27. The van der Waals surface area contributed by atoms with Gasteiger partial charge >= 0.3 is 11.9 Å². The zero-order valence-electron chi connectivity index (χ0n) is 18.2. The van der Waals surface area contributed by atoms with Gasteiger partial charge in [0, 0.05) is 18.3 Å². The van der Waals surface area contributed by atoms with Gasteiger partial charge in [0.1, 0.15) is 12.2 Å². The second-order valence-electron chi connectivity index (χ2n) is 8.44. The molecule has 0 aromatic rings. The van der Waals surface area contributed by atoms with E-state index in [9.17, 15) is 24.6 Å². The zero-order valence-corrected chi connectivity index (χ0v) is 18.2. The van der Waals surface area contributed by atoms with Crippen molar-refractivity contribution in [3.63, 3.8) is 0 Å². The molecule has 2 N–H and O–H groups in total. The minimum absolute atomic E-state index is 0.119. The van der Waals surface area contributed by atoms with Gasteiger partial charge in [-0.2, -0.15) is 0 Å². The van der Waals surface area contributed by atoms with Gasteiger partial charge in [-0.1, -0.05) is 39.0 Å². The summed E-state index contributed by atoms with van der Waals surface area (Å²) in [5.74, 6) is -2.51. The minimum atomic E-state index is -1.34. The molecule has 7 atom stereocenters. The molecule has 0 radical (unpaired) electrons. The molecule has 0 aromatic heterocycles. The zero-order chi connectivity index (χ0) is 22.4. The SMILES string of the molecule is CC[C@H](C)C(=O)O[C@H]1CCC=C2C=C[C@H](C)[C@H](C(O)C(=O)C[C@H](O)CC(=O)OC)[C@H]21. The number of rotatable bonds is 9. The van der Waals surface area contributed by atoms with Crippen LogP contribution in [-0.4, -0.2) is 53.4 Å². The lowest BCUT2D eigenvalue weighted by atomic mass is 9.65. The van der Waals surface area contributed by atoms with Gasteiger partial charge in [-0.3, -0.25) is 14.4 Å². The Balaban J connectivity index is 2.19. The van der Waals surface area contributed by atoms with Crippen LogP contribution in [0, 0.1) is 23.7 Å². The predicted molar refractivity (Wildman–Crippen MR) is 110 cm³/mol. The van der Waals surface area contributed by atoms with Crippen LogP contribution < -0.4 is 0 Å². The largest absolute Gasteiger partial charge is 0.469 e. The number of carbonyl (C=O) groups excluding carboxylic acids is 3. The van der Waals surface area contributed by atoms with Crippen molar-refractivity contribution in [1.29, 1.82) is 0 Å². The Morgan fingerprint density at radius 1 is 1.23 bits per heavy atom. The molecule has 0 aliphatic heterocycles. The maximum absolute atomic E-state index is 12.7. The predicted octanol–water partition coefficient (Wildman–Crippen LogP) is 2.35. The molecule has 0 aromatic carbocycles. The quantitative estimate of drug-likeness (QED) is 0.549. The highest BCUT2D eigenvalue weighted by molar-refractivity contribution is 5.84. The van der Waals surface area contributed by atoms with Gasteiger partial charge in [-0.15, -0.1) is 0 Å². The standard InChI is InChI=1S/C23H34O7/c1-5-13(2)23(28)30-18-8-6-7-15-10-9-14(3)20(21(15)18)22(27)17(25)11-16(24)12-19(26)29-4/h7,9-10,13-14,16,18,20-22,24,27H,5-6,8,11-12H2,1-4H3/t13-,14-,16-,18-,20-,21+,22?/m0/s1. The summed E-state index contributed by atoms with van der Waals surface area (Å²) in [6.07, 6.45) is 4.47. The van der Waals surface area contributed by atoms with E-state index in [1.165, 1.54) is 7.11 Å². The molecule has 1 unspecified atom stereocenters. The topological polar surface area (TPSA) is 110 Å². The highest BCUT2D eigenvalue weighted by Gasteiger charge is 2.45. The molecule has 7 nitrogen and oxygen atoms in total. The van der Waals surface area contributed by atoms with Gasteiger partial charge in [0.25, 0.3) is 0 Å². The summed E-state index contributed by atoms with van der Waals surface area (Å²) in [5.41, 5.74) is 0.966. The van der Waals surface area contributed by atoms with E-state index in [0.717, 1.165) is 12.0 Å². The Bertz CT molecular complexity index is 696. The number of ketones is 1. The van der Waals surface area contributed by atoms with E-state index in [2.05, 4.69) is 10.8 Å². The number of methoxy groups -OCH3 is 1. The van der Waals surface area contributed by atoms with Crippen LogP contribution in [0.3, 0.4) is 0 Å². The summed E-state index contributed by atoms with van der Waals surface area (Å²) in [6, 6.07) is 0. The van der Waals surface area contributed by atoms with Crippen LogP contribution in [-0.2, 0) is 23.9 Å². The molecule has 168 valence electrons. The van der Waals surface area contributed by atoms with Crippen LogP contribution in [0.2, 0.25) is 0 Å². The number of allylic oxidation sites excluding steroid dienone is 3. The summed E-state index contributed by atoms with van der Waals surface area (Å²) in [7, 11) is 1.21. The molecule has 0 saturated carbocycles. The minimum Gasteiger partial charge on any atom is -0.469 e. The molecule has 0 fully saturated rings. The van der Waals surface area contributed by atoms with E-state index >= 15 is 0 Å². The Morgan fingerprint density at radius 3 is 2.57 bits per heavy atom. The fourth-order valence-electron chi connectivity index (χ4n) is 4.28. The smallest absolute Gasteiger partial charge is 0.308 e. The lowest BCUT2D eigenvalue weighted by molar-refractivity contribution is -0.159. The molecular weight excluding hydrogens is 388 g/mol. The highest BCUT2D eigenvalue weighted by atomic mass is 16.5. The molecule has 2 aliphatic carbocycles. The molecule has 0 saturated heterocycles. The van der Waals surface area contributed by atoms with Crippen molar-refractivity contribution in [3.8, 4) is 0 Å². The Morgan fingerprint density at radius 2 is 1.93 bits per heavy atom. The van der Waals surface area contributed by atoms with Gasteiger partial charge in [0.15, 0.2) is 5.78 Å². The van der Waals surface area contributed by atoms with Crippen LogP contribution in [0.1, 0.15) is 52.9 Å². The first-order valence-corrected chi connectivity index (χ1v) is 10.7. The number of aliphatic hydroxyl groups is 2. The second-order valence-corrected chi connectivity index (χ2v) is 8.44. The number of aliphatic hydroxyl groups excluding tert-OH is 2. The van der Waals surface area contributed by atoms with Crippen molar-refractivity contribution in [1.82, 2.24) is 0 Å². The van der Waals surface area contributed by atoms with E-state index in [1.54, 1.807) is 0 Å². The molecule has 0 spiro atoms. The van der Waals surface area contributed by atoms with Crippen LogP contribution in [0.25, 0.3) is 0 Å². The molecule has 0 bridgehead atoms. The second kappa shape index (κ2) is 10.9. The Labute approximate surface area is 178 Å². The Kier molecular flexibility index (Phi) is 8.79. The molecular formula is C23H34O7. The first kappa shape index (κ1) is 24.3. The van der Waals surface area contributed by atoms with Gasteiger partial charge in [-0.05, 0) is 30.8 Å². The van der Waals surface area contributed by atoms with E-state index < -0.39 is 36.0 Å². The highest BCUT2D eigenvalue weighted by Crippen LogP contribution is 2.43. The summed E-state index contributed by atoms with van der Waals surface area (Å²) in [5, 5.41) is 20.9. The van der Waals surface area contributed by atoms with Crippen molar-refractivity contribution in [2.75, 3.05) is 7.11 Å². The third kappa shape index (κ3) is 5.79. The van der Waals surface area contributed by atoms with Gasteiger partial charge in [0.05, 0.1) is 25.6 Å². The monoisotopic (exact) mass is 422 g/mol. The van der Waals surface area contributed by atoms with Crippen molar-refractivity contribution in [2.45, 2.75) is 71.2 Å². The van der Waals surface area contributed by atoms with Crippen LogP contribution in [0.4, 0.5) is 0 Å². The number of hydrogen-bond acceptors (Lipinski definition) is 7. The average molecular weight is 423 g/mol. The summed E-state index contributed by atoms with van der Waals surface area (Å²) in [4.78, 5) is 36.5. The van der Waals surface area contributed by atoms with Crippen LogP contribution in [0.5, 0.6) is 0 Å². The van der Waals surface area contributed by atoms with Crippen molar-refractivity contribution >= 4 is 17.7 Å². The normalized spacial score (nSPS) is 28.5. The number of carbonyl (C=O) groups is 3. The fourth-order valence-corrected chi connectivity index (χ4v) is 4.28. The number of fused-ring (bicyclic) bond motifs is 1. The number of hydrogen-bond donors (Lipinski definition) is 2. The van der Waals surface area contributed by atoms with Gasteiger partial charge in [0.2, 0.25) is 0 Å². The van der Waals surface area contributed by atoms with E-state index in [-0.39, 0.29) is 36.6 Å². The van der Waals surface area contributed by atoms with E-state index in [0.29, 0.717) is 12.8 Å². The molecule has 2 aliphatic rings. The fraction of sp³-hybridized carbons (Fsp3) is 0.696. The molecule has 2 rings (SSSR count). The first-order valence-electron chi connectivity index (χ1n) is 10.7.